The molecule has 0 radical (unpaired) electrons. The SMILES string of the molecule is C=CC(=O)N1CC(C2=NCCN2C)C1. The number of carbonyl (C=O) groups excluding carboxylic acids is 1. The molecule has 2 rings (SSSR count). The van der Waals surface area contributed by atoms with Crippen molar-refractivity contribution in [2.45, 2.75) is 0 Å². The molecule has 4 heteroatoms. The number of nitrogens with zero attached hydrogens (tertiary/aromatic N) is 3. The number of amides is 1. The van der Waals surface area contributed by atoms with E-state index < -0.39 is 0 Å². The first-order valence-corrected chi connectivity index (χ1v) is 4.89. The van der Waals surface area contributed by atoms with Crippen LogP contribution in [-0.2, 0) is 4.79 Å². The Hall–Kier alpha value is -1.32. The van der Waals surface area contributed by atoms with Crippen LogP contribution in [0.15, 0.2) is 17.6 Å². The third kappa shape index (κ3) is 1.41. The van der Waals surface area contributed by atoms with Gasteiger partial charge in [-0.3, -0.25) is 9.79 Å². The van der Waals surface area contributed by atoms with Gasteiger partial charge in [-0.25, -0.2) is 0 Å². The zero-order valence-corrected chi connectivity index (χ0v) is 8.44. The van der Waals surface area contributed by atoms with Crippen LogP contribution in [0.5, 0.6) is 0 Å². The zero-order valence-electron chi connectivity index (χ0n) is 8.44. The van der Waals surface area contributed by atoms with E-state index in [0.29, 0.717) is 5.92 Å². The van der Waals surface area contributed by atoms with Crippen molar-refractivity contribution in [1.82, 2.24) is 9.80 Å². The second-order valence-corrected chi connectivity index (χ2v) is 3.81. The largest absolute Gasteiger partial charge is 0.361 e. The fourth-order valence-corrected chi connectivity index (χ4v) is 1.94. The summed E-state index contributed by atoms with van der Waals surface area (Å²) >= 11 is 0. The maximum Gasteiger partial charge on any atom is 0.246 e. The second kappa shape index (κ2) is 3.44. The molecule has 0 aromatic heterocycles. The molecule has 1 amide bonds. The molecule has 0 aromatic rings. The second-order valence-electron chi connectivity index (χ2n) is 3.81. The minimum absolute atomic E-state index is 0.0301. The zero-order chi connectivity index (χ0) is 10.1. The third-order valence-corrected chi connectivity index (χ3v) is 2.83. The van der Waals surface area contributed by atoms with E-state index in [4.69, 9.17) is 0 Å². The Morgan fingerprint density at radius 1 is 1.64 bits per heavy atom. The minimum Gasteiger partial charge on any atom is -0.361 e. The van der Waals surface area contributed by atoms with E-state index in [1.165, 1.54) is 6.08 Å². The predicted octanol–water partition coefficient (Wildman–Crippen LogP) is -0.0253. The van der Waals surface area contributed by atoms with Crippen LogP contribution >= 0.6 is 0 Å². The average molecular weight is 193 g/mol. The molecule has 0 aromatic carbocycles. The first-order chi connectivity index (χ1) is 6.72. The summed E-state index contributed by atoms with van der Waals surface area (Å²) in [6, 6.07) is 0. The molecular formula is C10H15N3O. The van der Waals surface area contributed by atoms with Gasteiger partial charge in [-0.2, -0.15) is 0 Å². The first-order valence-electron chi connectivity index (χ1n) is 4.89. The molecule has 0 saturated carbocycles. The molecule has 0 N–H and O–H groups in total. The highest BCUT2D eigenvalue weighted by atomic mass is 16.2. The first kappa shape index (κ1) is 9.24. The number of hydrogen-bond acceptors (Lipinski definition) is 3. The van der Waals surface area contributed by atoms with Gasteiger partial charge in [0.2, 0.25) is 5.91 Å². The number of amidine groups is 1. The maximum atomic E-state index is 11.2. The van der Waals surface area contributed by atoms with Gasteiger partial charge in [-0.15, -0.1) is 0 Å². The lowest BCUT2D eigenvalue weighted by molar-refractivity contribution is -0.130. The Balaban J connectivity index is 1.88. The maximum absolute atomic E-state index is 11.2. The minimum atomic E-state index is 0.0301. The van der Waals surface area contributed by atoms with Crippen molar-refractivity contribution in [3.05, 3.63) is 12.7 Å². The van der Waals surface area contributed by atoms with Crippen LogP contribution in [0.4, 0.5) is 0 Å². The van der Waals surface area contributed by atoms with Crippen molar-refractivity contribution in [3.8, 4) is 0 Å². The Morgan fingerprint density at radius 3 is 2.86 bits per heavy atom. The molecule has 1 fully saturated rings. The summed E-state index contributed by atoms with van der Waals surface area (Å²) in [4.78, 5) is 19.6. The number of likely N-dealkylation sites (N-methyl/N-ethyl adjacent to an activating group) is 1. The molecule has 0 unspecified atom stereocenters. The van der Waals surface area contributed by atoms with Crippen LogP contribution in [0, 0.1) is 5.92 Å². The molecule has 14 heavy (non-hydrogen) atoms. The lowest BCUT2D eigenvalue weighted by Crippen LogP contribution is -2.54. The predicted molar refractivity (Wildman–Crippen MR) is 55.2 cm³/mol. The highest BCUT2D eigenvalue weighted by molar-refractivity contribution is 5.92. The summed E-state index contributed by atoms with van der Waals surface area (Å²) < 4.78 is 0. The molecule has 0 spiro atoms. The van der Waals surface area contributed by atoms with E-state index in [1.54, 1.807) is 4.90 Å². The van der Waals surface area contributed by atoms with Crippen LogP contribution in [0.1, 0.15) is 0 Å². The van der Waals surface area contributed by atoms with Crippen LogP contribution in [0.25, 0.3) is 0 Å². The summed E-state index contributed by atoms with van der Waals surface area (Å²) in [6.07, 6.45) is 1.37. The average Bonchev–Trinajstić information content (AvgIpc) is 2.49. The Labute approximate surface area is 83.9 Å². The van der Waals surface area contributed by atoms with E-state index in [0.717, 1.165) is 32.0 Å². The van der Waals surface area contributed by atoms with E-state index in [-0.39, 0.29) is 5.91 Å². The number of rotatable bonds is 2. The van der Waals surface area contributed by atoms with Crippen LogP contribution in [0.2, 0.25) is 0 Å². The van der Waals surface area contributed by atoms with Gasteiger partial charge in [0.1, 0.15) is 5.84 Å². The smallest absolute Gasteiger partial charge is 0.246 e. The summed E-state index contributed by atoms with van der Waals surface area (Å²) in [7, 11) is 2.06. The summed E-state index contributed by atoms with van der Waals surface area (Å²) in [5.41, 5.74) is 0. The van der Waals surface area contributed by atoms with Gasteiger partial charge in [-0.05, 0) is 6.08 Å². The molecule has 4 nitrogen and oxygen atoms in total. The summed E-state index contributed by atoms with van der Waals surface area (Å²) in [5, 5.41) is 0. The standard InChI is InChI=1S/C10H15N3O/c1-3-9(14)13-6-8(7-13)10-11-4-5-12(10)2/h3,8H,1,4-7H2,2H3. The Kier molecular flexibility index (Phi) is 2.27. The molecule has 0 atom stereocenters. The highest BCUT2D eigenvalue weighted by Gasteiger charge is 2.35. The Bertz CT molecular complexity index is 292. The third-order valence-electron chi connectivity index (χ3n) is 2.83. The normalized spacial score (nSPS) is 21.9. The molecule has 0 aliphatic carbocycles. The summed E-state index contributed by atoms with van der Waals surface area (Å²) in [5.74, 6) is 1.65. The van der Waals surface area contributed by atoms with Crippen molar-refractivity contribution < 1.29 is 4.79 Å². The quantitative estimate of drug-likeness (QED) is 0.578. The van der Waals surface area contributed by atoms with Gasteiger partial charge in [0.15, 0.2) is 0 Å². The highest BCUT2D eigenvalue weighted by Crippen LogP contribution is 2.20. The van der Waals surface area contributed by atoms with Gasteiger partial charge >= 0.3 is 0 Å². The van der Waals surface area contributed by atoms with Crippen LogP contribution in [0.3, 0.4) is 0 Å². The van der Waals surface area contributed by atoms with Crippen molar-refractivity contribution in [1.29, 1.82) is 0 Å². The molecule has 2 aliphatic heterocycles. The number of aliphatic imine (C=N–C) groups is 1. The lowest BCUT2D eigenvalue weighted by Gasteiger charge is -2.40. The molecule has 1 saturated heterocycles. The van der Waals surface area contributed by atoms with E-state index >= 15 is 0 Å². The number of carbonyl (C=O) groups is 1. The van der Waals surface area contributed by atoms with Crippen molar-refractivity contribution in [2.75, 3.05) is 33.2 Å². The molecule has 76 valence electrons. The van der Waals surface area contributed by atoms with E-state index in [2.05, 4.69) is 23.5 Å². The lowest BCUT2D eigenvalue weighted by atomic mass is 9.98. The number of hydrogen-bond donors (Lipinski definition) is 0. The summed E-state index contributed by atoms with van der Waals surface area (Å²) in [6.45, 7) is 6.98. The Morgan fingerprint density at radius 2 is 2.36 bits per heavy atom. The fourth-order valence-electron chi connectivity index (χ4n) is 1.94. The van der Waals surface area contributed by atoms with E-state index in [1.807, 2.05) is 0 Å². The van der Waals surface area contributed by atoms with Crippen molar-refractivity contribution in [2.24, 2.45) is 10.9 Å². The van der Waals surface area contributed by atoms with Crippen LogP contribution < -0.4 is 0 Å². The fraction of sp³-hybridized carbons (Fsp3) is 0.600. The molecular weight excluding hydrogens is 178 g/mol. The van der Waals surface area contributed by atoms with Crippen molar-refractivity contribution in [3.63, 3.8) is 0 Å². The van der Waals surface area contributed by atoms with Crippen molar-refractivity contribution >= 4 is 11.7 Å². The van der Waals surface area contributed by atoms with Gasteiger partial charge in [-0.1, -0.05) is 6.58 Å². The molecule has 0 bridgehead atoms. The van der Waals surface area contributed by atoms with Gasteiger partial charge < -0.3 is 9.80 Å². The van der Waals surface area contributed by atoms with Gasteiger partial charge in [0.25, 0.3) is 0 Å². The monoisotopic (exact) mass is 193 g/mol. The molecule has 2 aliphatic rings. The topological polar surface area (TPSA) is 35.9 Å². The van der Waals surface area contributed by atoms with E-state index in [9.17, 15) is 4.79 Å². The number of likely N-dealkylation sites (tertiary alicyclic amines) is 1. The van der Waals surface area contributed by atoms with Gasteiger partial charge in [0, 0.05) is 26.7 Å². The van der Waals surface area contributed by atoms with Gasteiger partial charge in [0.05, 0.1) is 12.5 Å². The molecule has 2 heterocycles. The van der Waals surface area contributed by atoms with Crippen LogP contribution in [-0.4, -0.2) is 54.8 Å².